The largest absolute Gasteiger partial charge is 0.390 e. The third kappa shape index (κ3) is 5.25. The van der Waals surface area contributed by atoms with Crippen molar-refractivity contribution < 1.29 is 10.2 Å². The van der Waals surface area contributed by atoms with Crippen LogP contribution in [-0.2, 0) is 6.42 Å². The van der Waals surface area contributed by atoms with Crippen molar-refractivity contribution in [2.24, 2.45) is 5.92 Å². The molecule has 1 aromatic carbocycles. The van der Waals surface area contributed by atoms with Gasteiger partial charge in [0.25, 0.3) is 0 Å². The number of nitrogen functional groups attached to an aromatic ring is 1. The van der Waals surface area contributed by atoms with Crippen molar-refractivity contribution in [3.05, 3.63) is 60.6 Å². The molecule has 0 bridgehead atoms. The van der Waals surface area contributed by atoms with E-state index >= 15 is 0 Å². The van der Waals surface area contributed by atoms with Crippen molar-refractivity contribution in [2.45, 2.75) is 37.5 Å². The van der Waals surface area contributed by atoms with Gasteiger partial charge in [0.2, 0.25) is 0 Å². The van der Waals surface area contributed by atoms with Crippen molar-refractivity contribution in [2.75, 3.05) is 31.9 Å². The molecule has 1 saturated carbocycles. The molecule has 0 amide bonds. The Morgan fingerprint density at radius 3 is 2.67 bits per heavy atom. The van der Waals surface area contributed by atoms with Gasteiger partial charge in [0.1, 0.15) is 23.9 Å². The smallest absolute Gasteiger partial charge is 0.146 e. The highest BCUT2D eigenvalue weighted by atomic mass is 16.3. The number of hydrogen-bond acceptors (Lipinski definition) is 7. The van der Waals surface area contributed by atoms with Gasteiger partial charge in [-0.1, -0.05) is 43.0 Å². The quantitative estimate of drug-likeness (QED) is 0.282. The minimum Gasteiger partial charge on any atom is -0.390 e. The summed E-state index contributed by atoms with van der Waals surface area (Å²) in [5.41, 5.74) is 8.87. The number of rotatable bonds is 11. The molecule has 1 fully saturated rings. The molecule has 1 aliphatic carbocycles. The van der Waals surface area contributed by atoms with Crippen LogP contribution in [0.5, 0.6) is 0 Å². The van der Waals surface area contributed by atoms with Gasteiger partial charge in [0, 0.05) is 24.2 Å². The summed E-state index contributed by atoms with van der Waals surface area (Å²) in [6.45, 7) is 7.27. The average Bonchev–Trinajstić information content (AvgIpc) is 3.34. The summed E-state index contributed by atoms with van der Waals surface area (Å²) in [6, 6.07) is 10.2. The summed E-state index contributed by atoms with van der Waals surface area (Å²) in [6.07, 6.45) is 6.03. The molecule has 0 spiro atoms. The molecule has 2 aromatic heterocycles. The van der Waals surface area contributed by atoms with Crippen LogP contribution in [0.3, 0.4) is 0 Å². The second-order valence-corrected chi connectivity index (χ2v) is 8.74. The highest BCUT2D eigenvalue weighted by molar-refractivity contribution is 5.94. The number of aliphatic hydroxyl groups is 2. The topological polar surface area (TPSA) is 121 Å². The number of benzene rings is 1. The van der Waals surface area contributed by atoms with Crippen LogP contribution < -0.4 is 16.4 Å². The van der Waals surface area contributed by atoms with Crippen LogP contribution in [0.25, 0.3) is 17.1 Å². The Morgan fingerprint density at radius 2 is 1.88 bits per heavy atom. The van der Waals surface area contributed by atoms with E-state index in [4.69, 9.17) is 5.73 Å². The number of fused-ring (bicyclic) bond motifs is 1. The zero-order valence-electron chi connectivity index (χ0n) is 18.9. The molecule has 8 heteroatoms. The minimum absolute atomic E-state index is 0.0418. The lowest BCUT2D eigenvalue weighted by Gasteiger charge is -2.19. The third-order valence-electron chi connectivity index (χ3n) is 6.56. The fourth-order valence-corrected chi connectivity index (χ4v) is 4.75. The van der Waals surface area contributed by atoms with Crippen LogP contribution in [-0.4, -0.2) is 63.1 Å². The van der Waals surface area contributed by atoms with E-state index in [1.165, 1.54) is 11.9 Å². The van der Waals surface area contributed by atoms with Crippen molar-refractivity contribution in [3.63, 3.8) is 0 Å². The number of aromatic nitrogens is 3. The summed E-state index contributed by atoms with van der Waals surface area (Å²) < 4.78 is 1.91. The van der Waals surface area contributed by atoms with Gasteiger partial charge >= 0.3 is 0 Å². The molecule has 0 unspecified atom stereocenters. The number of nitrogens with two attached hydrogens (primary N) is 1. The third-order valence-corrected chi connectivity index (χ3v) is 6.56. The zero-order chi connectivity index (χ0) is 23.2. The lowest BCUT2D eigenvalue weighted by molar-refractivity contribution is 0.00694. The summed E-state index contributed by atoms with van der Waals surface area (Å²) in [4.78, 5) is 8.45. The van der Waals surface area contributed by atoms with Gasteiger partial charge < -0.3 is 31.1 Å². The van der Waals surface area contributed by atoms with Crippen LogP contribution in [0.2, 0.25) is 0 Å². The first-order valence-corrected chi connectivity index (χ1v) is 11.6. The maximum atomic E-state index is 10.8. The molecule has 3 aromatic rings. The van der Waals surface area contributed by atoms with Gasteiger partial charge in [-0.3, -0.25) is 0 Å². The highest BCUT2D eigenvalue weighted by Gasteiger charge is 2.42. The van der Waals surface area contributed by atoms with Crippen LogP contribution >= 0.6 is 0 Å². The lowest BCUT2D eigenvalue weighted by Crippen LogP contribution is -2.34. The Hall–Kier alpha value is -2.78. The van der Waals surface area contributed by atoms with E-state index in [0.717, 1.165) is 43.4 Å². The molecule has 0 aliphatic heterocycles. The molecule has 0 saturated heterocycles. The van der Waals surface area contributed by atoms with Gasteiger partial charge in [-0.05, 0) is 44.5 Å². The second kappa shape index (κ2) is 10.9. The first-order valence-electron chi connectivity index (χ1n) is 11.6. The Balaban J connectivity index is 1.24. The summed E-state index contributed by atoms with van der Waals surface area (Å²) in [7, 11) is 0. The van der Waals surface area contributed by atoms with Crippen LogP contribution in [0.15, 0.2) is 49.4 Å². The fraction of sp³-hybridized carbons (Fsp3) is 0.440. The number of nitrogens with zero attached hydrogens (tertiary/aromatic N) is 3. The summed E-state index contributed by atoms with van der Waals surface area (Å²) in [5.74, 6) is 0.345. The monoisotopic (exact) mass is 450 g/mol. The van der Waals surface area contributed by atoms with E-state index in [1.54, 1.807) is 6.08 Å². The van der Waals surface area contributed by atoms with Crippen molar-refractivity contribution in [3.8, 4) is 0 Å². The SMILES string of the molecule is C=Cc1cn([C@@H]2C[C@H](CNCCCNCCc3ccccc3)[C@@H](O)[C@H]2O)c2ncnc(N)c12. The molecule has 1 aliphatic rings. The predicted molar refractivity (Wildman–Crippen MR) is 132 cm³/mol. The summed E-state index contributed by atoms with van der Waals surface area (Å²) >= 11 is 0. The molecule has 4 rings (SSSR count). The maximum Gasteiger partial charge on any atom is 0.146 e. The maximum absolute atomic E-state index is 10.8. The molecule has 6 N–H and O–H groups in total. The van der Waals surface area contributed by atoms with Gasteiger partial charge in [0.15, 0.2) is 0 Å². The lowest BCUT2D eigenvalue weighted by atomic mass is 10.1. The van der Waals surface area contributed by atoms with E-state index in [0.29, 0.717) is 24.4 Å². The minimum atomic E-state index is -0.874. The van der Waals surface area contributed by atoms with Gasteiger partial charge in [0.05, 0.1) is 17.5 Å². The molecular formula is C25H34N6O2. The van der Waals surface area contributed by atoms with E-state index in [9.17, 15) is 10.2 Å². The molecule has 0 radical (unpaired) electrons. The van der Waals surface area contributed by atoms with Crippen molar-refractivity contribution in [1.82, 2.24) is 25.2 Å². The molecule has 8 nitrogen and oxygen atoms in total. The van der Waals surface area contributed by atoms with Gasteiger partial charge in [-0.25, -0.2) is 9.97 Å². The Morgan fingerprint density at radius 1 is 1.09 bits per heavy atom. The first-order chi connectivity index (χ1) is 16.1. The highest BCUT2D eigenvalue weighted by Crippen LogP contribution is 2.38. The van der Waals surface area contributed by atoms with Gasteiger partial charge in [-0.15, -0.1) is 0 Å². The number of hydrogen-bond donors (Lipinski definition) is 5. The van der Waals surface area contributed by atoms with Crippen molar-refractivity contribution >= 4 is 22.9 Å². The number of aliphatic hydroxyl groups excluding tert-OH is 2. The Bertz CT molecular complexity index is 1050. The molecule has 2 heterocycles. The molecule has 4 atom stereocenters. The average molecular weight is 451 g/mol. The summed E-state index contributed by atoms with van der Waals surface area (Å²) in [5, 5.41) is 29.1. The van der Waals surface area contributed by atoms with E-state index < -0.39 is 12.2 Å². The number of nitrogens with one attached hydrogen (secondary N) is 2. The fourth-order valence-electron chi connectivity index (χ4n) is 4.75. The molecular weight excluding hydrogens is 416 g/mol. The zero-order valence-corrected chi connectivity index (χ0v) is 18.9. The van der Waals surface area contributed by atoms with Crippen LogP contribution in [0.4, 0.5) is 5.82 Å². The van der Waals surface area contributed by atoms with Crippen LogP contribution in [0.1, 0.15) is 30.0 Å². The molecule has 176 valence electrons. The van der Waals surface area contributed by atoms with Gasteiger partial charge in [-0.2, -0.15) is 0 Å². The second-order valence-electron chi connectivity index (χ2n) is 8.74. The standard InChI is InChI=1S/C25H34N6O2/c1-2-18-15-31(25-21(18)24(26)29-16-30-25)20-13-19(22(32)23(20)33)14-28-11-6-10-27-12-9-17-7-4-3-5-8-17/h2-5,7-8,15-16,19-20,22-23,27-28,32-33H,1,6,9-14H2,(H2,26,29,30)/t19-,20-,22-,23+/m1/s1. The predicted octanol–water partition coefficient (Wildman–Crippen LogP) is 1.75. The molecule has 33 heavy (non-hydrogen) atoms. The normalized spacial score (nSPS) is 22.7. The Kier molecular flexibility index (Phi) is 7.72. The number of anilines is 1. The van der Waals surface area contributed by atoms with E-state index in [1.807, 2.05) is 16.8 Å². The van der Waals surface area contributed by atoms with Crippen LogP contribution in [0, 0.1) is 5.92 Å². The van der Waals surface area contributed by atoms with E-state index in [2.05, 4.69) is 51.4 Å². The van der Waals surface area contributed by atoms with Crippen molar-refractivity contribution in [1.29, 1.82) is 0 Å². The van der Waals surface area contributed by atoms with E-state index in [-0.39, 0.29) is 12.0 Å². The Labute approximate surface area is 194 Å². The first kappa shape index (κ1) is 23.4.